The molecule has 0 aliphatic heterocycles. The van der Waals surface area contributed by atoms with Gasteiger partial charge < -0.3 is 5.32 Å². The maximum absolute atomic E-state index is 3.18. The zero-order valence-electron chi connectivity index (χ0n) is 6.91. The summed E-state index contributed by atoms with van der Waals surface area (Å²) in [4.78, 5) is 0. The largest absolute Gasteiger partial charge is 0.319 e. The lowest BCUT2D eigenvalue weighted by molar-refractivity contribution is 0.483. The monoisotopic (exact) mass is 129 g/mol. The van der Waals surface area contributed by atoms with E-state index in [4.69, 9.17) is 0 Å². The normalized spacial score (nSPS) is 13.7. The van der Waals surface area contributed by atoms with Gasteiger partial charge in [0, 0.05) is 0 Å². The van der Waals surface area contributed by atoms with E-state index in [1.807, 2.05) is 7.05 Å². The Morgan fingerprint density at radius 2 is 2.11 bits per heavy atom. The van der Waals surface area contributed by atoms with Crippen LogP contribution in [0.2, 0.25) is 0 Å². The summed E-state index contributed by atoms with van der Waals surface area (Å²) in [6, 6.07) is 0. The van der Waals surface area contributed by atoms with E-state index in [1.165, 1.54) is 25.8 Å². The van der Waals surface area contributed by atoms with Crippen LogP contribution in [0.25, 0.3) is 0 Å². The minimum atomic E-state index is 0.856. The van der Waals surface area contributed by atoms with E-state index in [2.05, 4.69) is 19.2 Å². The summed E-state index contributed by atoms with van der Waals surface area (Å²) in [6.07, 6.45) is 4.08. The minimum Gasteiger partial charge on any atom is -0.319 e. The molecule has 0 spiro atoms. The van der Waals surface area contributed by atoms with Gasteiger partial charge in [-0.2, -0.15) is 0 Å². The molecule has 1 heteroatoms. The van der Waals surface area contributed by atoms with Crippen LogP contribution >= 0.6 is 0 Å². The van der Waals surface area contributed by atoms with E-state index in [0.29, 0.717) is 0 Å². The van der Waals surface area contributed by atoms with Crippen LogP contribution in [-0.4, -0.2) is 13.6 Å². The topological polar surface area (TPSA) is 12.0 Å². The van der Waals surface area contributed by atoms with Gasteiger partial charge in [-0.05, 0) is 25.9 Å². The molecule has 0 radical (unpaired) electrons. The SMILES string of the molecule is CCCCC(C)CNC. The van der Waals surface area contributed by atoms with Crippen LogP contribution < -0.4 is 5.32 Å². The predicted molar refractivity (Wildman–Crippen MR) is 42.6 cm³/mol. The van der Waals surface area contributed by atoms with Gasteiger partial charge in [-0.15, -0.1) is 0 Å². The van der Waals surface area contributed by atoms with Crippen LogP contribution in [0.1, 0.15) is 33.1 Å². The second-order valence-corrected chi connectivity index (χ2v) is 2.81. The van der Waals surface area contributed by atoms with Gasteiger partial charge in [0.25, 0.3) is 0 Å². The summed E-state index contributed by atoms with van der Waals surface area (Å²) in [6.45, 7) is 5.71. The fourth-order valence-corrected chi connectivity index (χ4v) is 1.00. The molecule has 0 amide bonds. The molecule has 0 aliphatic carbocycles. The van der Waals surface area contributed by atoms with Gasteiger partial charge in [0.1, 0.15) is 0 Å². The second kappa shape index (κ2) is 6.09. The molecule has 1 unspecified atom stereocenters. The third-order valence-corrected chi connectivity index (χ3v) is 1.60. The van der Waals surface area contributed by atoms with Gasteiger partial charge in [-0.3, -0.25) is 0 Å². The average Bonchev–Trinajstić information content (AvgIpc) is 1.85. The van der Waals surface area contributed by atoms with Crippen molar-refractivity contribution in [1.82, 2.24) is 5.32 Å². The molecule has 0 saturated heterocycles. The van der Waals surface area contributed by atoms with Crippen LogP contribution in [0.15, 0.2) is 0 Å². The van der Waals surface area contributed by atoms with Crippen molar-refractivity contribution < 1.29 is 0 Å². The summed E-state index contributed by atoms with van der Waals surface area (Å²) in [5.74, 6) is 0.856. The maximum atomic E-state index is 3.18. The molecular weight excluding hydrogens is 110 g/mol. The Hall–Kier alpha value is -0.0400. The molecule has 0 heterocycles. The van der Waals surface area contributed by atoms with Crippen molar-refractivity contribution >= 4 is 0 Å². The number of nitrogens with one attached hydrogen (secondary N) is 1. The van der Waals surface area contributed by atoms with Crippen LogP contribution in [0.4, 0.5) is 0 Å². The van der Waals surface area contributed by atoms with E-state index < -0.39 is 0 Å². The van der Waals surface area contributed by atoms with Gasteiger partial charge in [0.2, 0.25) is 0 Å². The second-order valence-electron chi connectivity index (χ2n) is 2.81. The lowest BCUT2D eigenvalue weighted by Crippen LogP contribution is -2.15. The molecule has 1 N–H and O–H groups in total. The van der Waals surface area contributed by atoms with Crippen molar-refractivity contribution in [2.24, 2.45) is 5.92 Å². The van der Waals surface area contributed by atoms with E-state index in [0.717, 1.165) is 5.92 Å². The summed E-state index contributed by atoms with van der Waals surface area (Å²) in [7, 11) is 2.02. The van der Waals surface area contributed by atoms with Crippen molar-refractivity contribution in [1.29, 1.82) is 0 Å². The molecule has 0 rings (SSSR count). The first kappa shape index (κ1) is 8.96. The summed E-state index contributed by atoms with van der Waals surface area (Å²) in [5, 5.41) is 3.18. The average molecular weight is 129 g/mol. The van der Waals surface area contributed by atoms with Gasteiger partial charge >= 0.3 is 0 Å². The Morgan fingerprint density at radius 1 is 1.44 bits per heavy atom. The molecule has 1 atom stereocenters. The Morgan fingerprint density at radius 3 is 2.56 bits per heavy atom. The highest BCUT2D eigenvalue weighted by molar-refractivity contribution is 4.53. The molecule has 56 valence electrons. The molecule has 0 aromatic heterocycles. The molecule has 0 bridgehead atoms. The molecule has 0 aliphatic rings. The first-order valence-corrected chi connectivity index (χ1v) is 3.95. The van der Waals surface area contributed by atoms with Crippen molar-refractivity contribution in [3.05, 3.63) is 0 Å². The lowest BCUT2D eigenvalue weighted by Gasteiger charge is -2.08. The van der Waals surface area contributed by atoms with Crippen LogP contribution in [0.5, 0.6) is 0 Å². The lowest BCUT2D eigenvalue weighted by atomic mass is 10.1. The standard InChI is InChI=1S/C8H19N/c1-4-5-6-8(2)7-9-3/h8-9H,4-7H2,1-3H3. The predicted octanol–water partition coefficient (Wildman–Crippen LogP) is 2.03. The number of hydrogen-bond acceptors (Lipinski definition) is 1. The van der Waals surface area contributed by atoms with E-state index in [-0.39, 0.29) is 0 Å². The fourth-order valence-electron chi connectivity index (χ4n) is 1.00. The number of unbranched alkanes of at least 4 members (excludes halogenated alkanes) is 1. The van der Waals surface area contributed by atoms with Gasteiger partial charge in [-0.25, -0.2) is 0 Å². The highest BCUT2D eigenvalue weighted by Gasteiger charge is 1.97. The van der Waals surface area contributed by atoms with Crippen LogP contribution in [0.3, 0.4) is 0 Å². The highest BCUT2D eigenvalue weighted by Crippen LogP contribution is 2.05. The minimum absolute atomic E-state index is 0.856. The molecule has 9 heavy (non-hydrogen) atoms. The van der Waals surface area contributed by atoms with Crippen molar-refractivity contribution in [3.8, 4) is 0 Å². The van der Waals surface area contributed by atoms with Crippen LogP contribution in [-0.2, 0) is 0 Å². The summed E-state index contributed by atoms with van der Waals surface area (Å²) >= 11 is 0. The van der Waals surface area contributed by atoms with Gasteiger partial charge in [-0.1, -0.05) is 26.7 Å². The summed E-state index contributed by atoms with van der Waals surface area (Å²) in [5.41, 5.74) is 0. The Kier molecular flexibility index (Phi) is 6.06. The van der Waals surface area contributed by atoms with Crippen molar-refractivity contribution in [2.45, 2.75) is 33.1 Å². The number of hydrogen-bond donors (Lipinski definition) is 1. The molecule has 0 aromatic carbocycles. The fraction of sp³-hybridized carbons (Fsp3) is 1.00. The first-order valence-electron chi connectivity index (χ1n) is 3.95. The first-order chi connectivity index (χ1) is 4.31. The zero-order valence-corrected chi connectivity index (χ0v) is 6.91. The Bertz CT molecular complexity index is 52.5. The maximum Gasteiger partial charge on any atom is -0.00262 e. The Balaban J connectivity index is 2.95. The Labute approximate surface area is 58.8 Å². The molecule has 0 aromatic rings. The van der Waals surface area contributed by atoms with Gasteiger partial charge in [0.15, 0.2) is 0 Å². The molecular formula is C8H19N. The third kappa shape index (κ3) is 5.84. The third-order valence-electron chi connectivity index (χ3n) is 1.60. The van der Waals surface area contributed by atoms with E-state index >= 15 is 0 Å². The van der Waals surface area contributed by atoms with E-state index in [1.54, 1.807) is 0 Å². The van der Waals surface area contributed by atoms with Crippen molar-refractivity contribution in [2.75, 3.05) is 13.6 Å². The molecule has 0 saturated carbocycles. The quantitative estimate of drug-likeness (QED) is 0.599. The molecule has 1 nitrogen and oxygen atoms in total. The van der Waals surface area contributed by atoms with E-state index in [9.17, 15) is 0 Å². The smallest absolute Gasteiger partial charge is 0.00262 e. The highest BCUT2D eigenvalue weighted by atomic mass is 14.8. The van der Waals surface area contributed by atoms with Crippen molar-refractivity contribution in [3.63, 3.8) is 0 Å². The summed E-state index contributed by atoms with van der Waals surface area (Å²) < 4.78 is 0. The zero-order chi connectivity index (χ0) is 7.11. The molecule has 0 fully saturated rings. The van der Waals surface area contributed by atoms with Crippen LogP contribution in [0, 0.1) is 5.92 Å². The van der Waals surface area contributed by atoms with Gasteiger partial charge in [0.05, 0.1) is 0 Å². The number of rotatable bonds is 5.